The summed E-state index contributed by atoms with van der Waals surface area (Å²) in [7, 11) is 0. The topological polar surface area (TPSA) is 33.6 Å². The zero-order valence-electron chi connectivity index (χ0n) is 11.4. The zero-order valence-corrected chi connectivity index (χ0v) is 13.0. The largest absolute Gasteiger partial charge is 0.493 e. The van der Waals surface area contributed by atoms with Crippen LogP contribution < -0.4 is 10.2 Å². The fourth-order valence-corrected chi connectivity index (χ4v) is 1.72. The molecule has 1 N–H and O–H groups in total. The first kappa shape index (κ1) is 19.5. The minimum absolute atomic E-state index is 0.0971. The summed E-state index contributed by atoms with van der Waals surface area (Å²) in [5, 5.41) is 2.77. The molecule has 0 aliphatic carbocycles. The number of ether oxygens (including phenoxy) is 1. The molecule has 0 bridgehead atoms. The first-order valence-electron chi connectivity index (χ1n) is 5.97. The van der Waals surface area contributed by atoms with Gasteiger partial charge in [-0.05, 0) is 25.1 Å². The molecule has 0 aliphatic rings. The van der Waals surface area contributed by atoms with Crippen LogP contribution in [0.4, 0.5) is 30.7 Å². The molecule has 11 heteroatoms. The lowest BCUT2D eigenvalue weighted by Gasteiger charge is -2.27. The Morgan fingerprint density at radius 2 is 1.78 bits per heavy atom. The summed E-state index contributed by atoms with van der Waals surface area (Å²) in [6, 6.07) is -1.25. The smallest absolute Gasteiger partial charge is 0.462 e. The summed E-state index contributed by atoms with van der Waals surface area (Å²) < 4.78 is 92.8. The SMILES string of the molecule is CCOc1ccc(Br)cc1/C=N/NC(F)(F)C(F)(F)C(F)(F)F. The van der Waals surface area contributed by atoms with Crippen LogP contribution in [-0.4, -0.2) is 31.0 Å². The Bertz CT molecular complexity index is 575. The second kappa shape index (κ2) is 6.93. The minimum atomic E-state index is -6.43. The molecule has 0 atom stereocenters. The van der Waals surface area contributed by atoms with Gasteiger partial charge in [0.1, 0.15) is 5.75 Å². The maximum Gasteiger partial charge on any atom is 0.462 e. The van der Waals surface area contributed by atoms with E-state index >= 15 is 0 Å². The van der Waals surface area contributed by atoms with Gasteiger partial charge in [-0.15, -0.1) is 0 Å². The van der Waals surface area contributed by atoms with E-state index in [9.17, 15) is 30.7 Å². The average molecular weight is 411 g/mol. The second-order valence-electron chi connectivity index (χ2n) is 4.13. The Labute approximate surface area is 134 Å². The first-order chi connectivity index (χ1) is 10.4. The standard InChI is InChI=1S/C12H10BrF7N2O/c1-2-23-9-4-3-8(13)5-7(9)6-21-22-12(19,20)10(14,15)11(16,17)18/h3-6,22H,2H2,1H3/b21-6+. The number of halogens is 8. The van der Waals surface area contributed by atoms with Gasteiger partial charge in [-0.3, -0.25) is 0 Å². The highest BCUT2D eigenvalue weighted by Crippen LogP contribution is 2.45. The van der Waals surface area contributed by atoms with Gasteiger partial charge in [0, 0.05) is 10.0 Å². The predicted molar refractivity (Wildman–Crippen MR) is 72.0 cm³/mol. The van der Waals surface area contributed by atoms with Crippen LogP contribution in [0.25, 0.3) is 0 Å². The van der Waals surface area contributed by atoms with E-state index < -0.39 is 18.1 Å². The quantitative estimate of drug-likeness (QED) is 0.322. The van der Waals surface area contributed by atoms with Crippen LogP contribution in [0.1, 0.15) is 12.5 Å². The van der Waals surface area contributed by atoms with Crippen molar-refractivity contribution in [2.24, 2.45) is 5.10 Å². The van der Waals surface area contributed by atoms with Crippen molar-refractivity contribution >= 4 is 22.1 Å². The average Bonchev–Trinajstić information content (AvgIpc) is 2.40. The molecule has 0 saturated heterocycles. The highest BCUT2D eigenvalue weighted by Gasteiger charge is 2.73. The van der Waals surface area contributed by atoms with E-state index in [1.165, 1.54) is 12.1 Å². The minimum Gasteiger partial charge on any atom is -0.493 e. The van der Waals surface area contributed by atoms with E-state index in [1.807, 2.05) is 0 Å². The molecular weight excluding hydrogens is 401 g/mol. The Kier molecular flexibility index (Phi) is 5.89. The molecule has 0 aromatic heterocycles. The van der Waals surface area contributed by atoms with Gasteiger partial charge >= 0.3 is 18.1 Å². The Hall–Kier alpha value is -1.52. The summed E-state index contributed by atoms with van der Waals surface area (Å²) >= 11 is 3.08. The van der Waals surface area contributed by atoms with Crippen LogP contribution in [-0.2, 0) is 0 Å². The molecule has 23 heavy (non-hydrogen) atoms. The lowest BCUT2D eigenvalue weighted by atomic mass is 10.2. The molecule has 0 unspecified atom stereocenters. The van der Waals surface area contributed by atoms with Gasteiger partial charge in [-0.2, -0.15) is 35.8 Å². The van der Waals surface area contributed by atoms with Gasteiger partial charge in [-0.25, -0.2) is 5.43 Å². The number of benzene rings is 1. The van der Waals surface area contributed by atoms with E-state index in [4.69, 9.17) is 4.74 Å². The monoisotopic (exact) mass is 410 g/mol. The van der Waals surface area contributed by atoms with Crippen LogP contribution in [0.2, 0.25) is 0 Å². The van der Waals surface area contributed by atoms with Crippen LogP contribution in [0.3, 0.4) is 0 Å². The van der Waals surface area contributed by atoms with Gasteiger partial charge in [-0.1, -0.05) is 15.9 Å². The number of hydrazone groups is 1. The van der Waals surface area contributed by atoms with Gasteiger partial charge in [0.2, 0.25) is 0 Å². The summed E-state index contributed by atoms with van der Waals surface area (Å²) in [4.78, 5) is 0. The molecule has 0 saturated carbocycles. The first-order valence-corrected chi connectivity index (χ1v) is 6.76. The Morgan fingerprint density at radius 1 is 1.17 bits per heavy atom. The Morgan fingerprint density at radius 3 is 2.30 bits per heavy atom. The van der Waals surface area contributed by atoms with Gasteiger partial charge in [0.25, 0.3) is 0 Å². The Balaban J connectivity index is 2.97. The number of hydrogen-bond acceptors (Lipinski definition) is 3. The second-order valence-corrected chi connectivity index (χ2v) is 5.05. The molecule has 1 aromatic rings. The van der Waals surface area contributed by atoms with Crippen molar-refractivity contribution in [3.05, 3.63) is 28.2 Å². The third-order valence-electron chi connectivity index (χ3n) is 2.43. The third-order valence-corrected chi connectivity index (χ3v) is 2.92. The summed E-state index contributed by atoms with van der Waals surface area (Å²) in [6.07, 6.45) is -5.78. The van der Waals surface area contributed by atoms with Crippen molar-refractivity contribution in [3.63, 3.8) is 0 Å². The van der Waals surface area contributed by atoms with Crippen LogP contribution >= 0.6 is 15.9 Å². The fraction of sp³-hybridized carbons (Fsp3) is 0.417. The number of alkyl halides is 7. The molecule has 1 aromatic carbocycles. The molecule has 0 spiro atoms. The number of nitrogens with one attached hydrogen (secondary N) is 1. The van der Waals surface area contributed by atoms with Crippen LogP contribution in [0, 0.1) is 0 Å². The van der Waals surface area contributed by atoms with Crippen molar-refractivity contribution in [3.8, 4) is 5.75 Å². The molecule has 0 heterocycles. The number of rotatable bonds is 6. The normalized spacial score (nSPS) is 13.4. The zero-order chi connectivity index (χ0) is 17.9. The molecule has 3 nitrogen and oxygen atoms in total. The fourth-order valence-electron chi connectivity index (χ4n) is 1.34. The number of hydrogen-bond donors (Lipinski definition) is 1. The number of nitrogens with zero attached hydrogens (tertiary/aromatic N) is 1. The van der Waals surface area contributed by atoms with E-state index in [1.54, 1.807) is 13.0 Å². The molecule has 0 fully saturated rings. The summed E-state index contributed by atoms with van der Waals surface area (Å²) in [5.74, 6) is -6.09. The van der Waals surface area contributed by atoms with Gasteiger partial charge in [0.15, 0.2) is 0 Å². The molecule has 130 valence electrons. The highest BCUT2D eigenvalue weighted by atomic mass is 79.9. The van der Waals surface area contributed by atoms with Gasteiger partial charge < -0.3 is 4.74 Å². The van der Waals surface area contributed by atoms with Crippen molar-refractivity contribution in [1.82, 2.24) is 5.43 Å². The van der Waals surface area contributed by atoms with Crippen molar-refractivity contribution < 1.29 is 35.5 Å². The highest BCUT2D eigenvalue weighted by molar-refractivity contribution is 9.10. The van der Waals surface area contributed by atoms with Crippen LogP contribution in [0.15, 0.2) is 27.8 Å². The maximum atomic E-state index is 13.0. The molecule has 0 amide bonds. The summed E-state index contributed by atoms with van der Waals surface area (Å²) in [6.45, 7) is 1.86. The van der Waals surface area contributed by atoms with E-state index in [0.717, 1.165) is 0 Å². The van der Waals surface area contributed by atoms with E-state index in [-0.39, 0.29) is 17.9 Å². The molecule has 0 radical (unpaired) electrons. The lowest BCUT2D eigenvalue weighted by molar-refractivity contribution is -0.361. The summed E-state index contributed by atoms with van der Waals surface area (Å²) in [5.41, 5.74) is 0.635. The van der Waals surface area contributed by atoms with Crippen molar-refractivity contribution in [2.75, 3.05) is 6.61 Å². The predicted octanol–water partition coefficient (Wildman–Crippen LogP) is 4.56. The molecular formula is C12H10BrF7N2O. The van der Waals surface area contributed by atoms with Crippen LogP contribution in [0.5, 0.6) is 5.75 Å². The maximum absolute atomic E-state index is 13.0. The third kappa shape index (κ3) is 4.49. The van der Waals surface area contributed by atoms with Crippen molar-refractivity contribution in [2.45, 2.75) is 25.1 Å². The van der Waals surface area contributed by atoms with Gasteiger partial charge in [0.05, 0.1) is 12.8 Å². The van der Waals surface area contributed by atoms with Crippen molar-refractivity contribution in [1.29, 1.82) is 0 Å². The van der Waals surface area contributed by atoms with E-state index in [2.05, 4.69) is 21.0 Å². The molecule has 0 aliphatic heterocycles. The lowest BCUT2D eigenvalue weighted by Crippen LogP contribution is -2.58. The molecule has 1 rings (SSSR count). The van der Waals surface area contributed by atoms with E-state index in [0.29, 0.717) is 16.1 Å².